The first kappa shape index (κ1) is 7.42. The van der Waals surface area contributed by atoms with Crippen molar-refractivity contribution >= 4 is 11.7 Å². The molecule has 1 rings (SSSR count). The van der Waals surface area contributed by atoms with Crippen molar-refractivity contribution < 1.29 is 4.79 Å². The fraction of sp³-hybridized carbons (Fsp3) is 0. The van der Waals surface area contributed by atoms with Crippen molar-refractivity contribution in [3.63, 3.8) is 0 Å². The molecule has 1 heterocycles. The highest BCUT2D eigenvalue weighted by Gasteiger charge is 2.07. The van der Waals surface area contributed by atoms with E-state index in [0.29, 0.717) is 0 Å². The Kier molecular flexibility index (Phi) is 1.98. The molecule has 0 saturated heterocycles. The zero-order chi connectivity index (χ0) is 8.27. The number of hydrogen-bond acceptors (Lipinski definition) is 5. The number of aromatic nitrogens is 2. The summed E-state index contributed by atoms with van der Waals surface area (Å²) in [6, 6.07) is 0. The molecule has 0 bridgehead atoms. The molecule has 11 heavy (non-hydrogen) atoms. The Bertz CT molecular complexity index is 273. The van der Waals surface area contributed by atoms with E-state index in [1.54, 1.807) is 0 Å². The van der Waals surface area contributed by atoms with Crippen molar-refractivity contribution in [3.05, 3.63) is 18.1 Å². The van der Waals surface area contributed by atoms with Gasteiger partial charge in [0.05, 0.1) is 0 Å². The van der Waals surface area contributed by atoms with Crippen LogP contribution in [0.15, 0.2) is 12.5 Å². The number of nitrogens with two attached hydrogens (primary N) is 2. The lowest BCUT2D eigenvalue weighted by Crippen LogP contribution is -2.30. The Morgan fingerprint density at radius 2 is 2.36 bits per heavy atom. The van der Waals surface area contributed by atoms with Gasteiger partial charge in [0.15, 0.2) is 0 Å². The Labute approximate surface area is 62.6 Å². The van der Waals surface area contributed by atoms with Gasteiger partial charge in [-0.25, -0.2) is 15.8 Å². The van der Waals surface area contributed by atoms with Gasteiger partial charge in [0.1, 0.15) is 17.7 Å². The number of amides is 1. The summed E-state index contributed by atoms with van der Waals surface area (Å²) in [5.74, 6) is 4.48. The smallest absolute Gasteiger partial charge is 0.270 e. The Hall–Kier alpha value is -1.69. The van der Waals surface area contributed by atoms with E-state index in [1.807, 2.05) is 5.43 Å². The predicted octanol–water partition coefficient (Wildman–Crippen LogP) is -1.34. The first-order valence-electron chi connectivity index (χ1n) is 2.82. The van der Waals surface area contributed by atoms with E-state index in [2.05, 4.69) is 9.97 Å². The molecule has 1 aromatic heterocycles. The molecule has 1 aromatic rings. The van der Waals surface area contributed by atoms with Crippen LogP contribution in [0, 0.1) is 0 Å². The second-order valence-electron chi connectivity index (χ2n) is 1.80. The second-order valence-corrected chi connectivity index (χ2v) is 1.80. The van der Waals surface area contributed by atoms with Crippen LogP contribution in [0.1, 0.15) is 10.4 Å². The summed E-state index contributed by atoms with van der Waals surface area (Å²) in [6.45, 7) is 0. The minimum absolute atomic E-state index is 0.114. The predicted molar refractivity (Wildman–Crippen MR) is 38.1 cm³/mol. The number of nitrogens with zero attached hydrogens (tertiary/aromatic N) is 2. The number of nitrogen functional groups attached to an aromatic ring is 2. The molecule has 0 radical (unpaired) electrons. The molecule has 0 aromatic carbocycles. The van der Waals surface area contributed by atoms with Crippen LogP contribution in [0.3, 0.4) is 0 Å². The van der Waals surface area contributed by atoms with Crippen molar-refractivity contribution in [2.24, 2.45) is 5.84 Å². The number of carbonyl (C=O) groups excluding carboxylic acids is 1. The molecule has 6 nitrogen and oxygen atoms in total. The quantitative estimate of drug-likeness (QED) is 0.263. The maximum Gasteiger partial charge on any atom is 0.270 e. The molecular weight excluding hydrogens is 146 g/mol. The third kappa shape index (κ3) is 1.41. The summed E-state index contributed by atoms with van der Waals surface area (Å²) in [4.78, 5) is 18.0. The SMILES string of the molecule is NNC(=O)c1cncnc1N. The van der Waals surface area contributed by atoms with Gasteiger partial charge in [-0.1, -0.05) is 0 Å². The van der Waals surface area contributed by atoms with Gasteiger partial charge < -0.3 is 5.73 Å². The van der Waals surface area contributed by atoms with E-state index in [0.717, 1.165) is 0 Å². The first-order chi connectivity index (χ1) is 5.25. The molecule has 6 heteroatoms. The standard InChI is InChI=1S/C5H7N5O/c6-4-3(5(11)10-7)1-8-2-9-4/h1-2H,7H2,(H,10,11)(H2,6,8,9). The number of carbonyl (C=O) groups is 1. The third-order valence-electron chi connectivity index (χ3n) is 1.12. The molecule has 5 N–H and O–H groups in total. The fourth-order valence-corrected chi connectivity index (χ4v) is 0.592. The monoisotopic (exact) mass is 153 g/mol. The highest BCUT2D eigenvalue weighted by atomic mass is 16.2. The van der Waals surface area contributed by atoms with E-state index in [1.165, 1.54) is 12.5 Å². The van der Waals surface area contributed by atoms with Gasteiger partial charge in [0.2, 0.25) is 0 Å². The lowest BCUT2D eigenvalue weighted by molar-refractivity contribution is 0.0954. The maximum absolute atomic E-state index is 10.8. The van der Waals surface area contributed by atoms with Gasteiger partial charge in [-0.2, -0.15) is 0 Å². The van der Waals surface area contributed by atoms with E-state index < -0.39 is 5.91 Å². The fourth-order valence-electron chi connectivity index (χ4n) is 0.592. The Balaban J connectivity index is 3.03. The average molecular weight is 153 g/mol. The summed E-state index contributed by atoms with van der Waals surface area (Å²) in [6.07, 6.45) is 2.55. The zero-order valence-corrected chi connectivity index (χ0v) is 5.61. The highest BCUT2D eigenvalue weighted by Crippen LogP contribution is 2.02. The summed E-state index contributed by atoms with van der Waals surface area (Å²) < 4.78 is 0. The summed E-state index contributed by atoms with van der Waals surface area (Å²) in [5.41, 5.74) is 7.43. The number of hydrogen-bond donors (Lipinski definition) is 3. The van der Waals surface area contributed by atoms with Gasteiger partial charge in [-0.15, -0.1) is 0 Å². The molecule has 0 aliphatic rings. The molecule has 0 fully saturated rings. The van der Waals surface area contributed by atoms with Gasteiger partial charge in [0.25, 0.3) is 5.91 Å². The molecule has 0 aliphatic heterocycles. The minimum atomic E-state index is -0.497. The van der Waals surface area contributed by atoms with Crippen LogP contribution >= 0.6 is 0 Å². The van der Waals surface area contributed by atoms with Crippen molar-refractivity contribution in [2.75, 3.05) is 5.73 Å². The van der Waals surface area contributed by atoms with Crippen LogP contribution in [-0.2, 0) is 0 Å². The Morgan fingerprint density at radius 1 is 1.64 bits per heavy atom. The number of rotatable bonds is 1. The number of nitrogens with one attached hydrogen (secondary N) is 1. The zero-order valence-electron chi connectivity index (χ0n) is 5.61. The average Bonchev–Trinajstić information content (AvgIpc) is 2.04. The summed E-state index contributed by atoms with van der Waals surface area (Å²) in [7, 11) is 0. The summed E-state index contributed by atoms with van der Waals surface area (Å²) in [5, 5.41) is 0. The van der Waals surface area contributed by atoms with Crippen molar-refractivity contribution in [1.82, 2.24) is 15.4 Å². The lowest BCUT2D eigenvalue weighted by Gasteiger charge is -1.99. The second kappa shape index (κ2) is 2.93. The summed E-state index contributed by atoms with van der Waals surface area (Å²) >= 11 is 0. The van der Waals surface area contributed by atoms with Crippen LogP contribution in [0.4, 0.5) is 5.82 Å². The largest absolute Gasteiger partial charge is 0.383 e. The van der Waals surface area contributed by atoms with E-state index in [4.69, 9.17) is 11.6 Å². The maximum atomic E-state index is 10.8. The molecule has 0 aliphatic carbocycles. The number of anilines is 1. The van der Waals surface area contributed by atoms with E-state index in [9.17, 15) is 4.79 Å². The normalized spacial score (nSPS) is 9.18. The molecular formula is C5H7N5O. The van der Waals surface area contributed by atoms with Gasteiger partial charge >= 0.3 is 0 Å². The first-order valence-corrected chi connectivity index (χ1v) is 2.82. The molecule has 58 valence electrons. The van der Waals surface area contributed by atoms with Crippen LogP contribution in [0.5, 0.6) is 0 Å². The van der Waals surface area contributed by atoms with Crippen LogP contribution < -0.4 is 17.0 Å². The third-order valence-corrected chi connectivity index (χ3v) is 1.12. The minimum Gasteiger partial charge on any atom is -0.383 e. The molecule has 0 spiro atoms. The molecule has 0 saturated carbocycles. The van der Waals surface area contributed by atoms with E-state index >= 15 is 0 Å². The highest BCUT2D eigenvalue weighted by molar-refractivity contribution is 5.97. The van der Waals surface area contributed by atoms with Gasteiger partial charge in [0, 0.05) is 6.20 Å². The topological polar surface area (TPSA) is 107 Å². The van der Waals surface area contributed by atoms with Crippen molar-refractivity contribution in [3.8, 4) is 0 Å². The lowest BCUT2D eigenvalue weighted by atomic mass is 10.3. The number of hydrazine groups is 1. The molecule has 0 unspecified atom stereocenters. The van der Waals surface area contributed by atoms with Crippen LogP contribution in [0.25, 0.3) is 0 Å². The van der Waals surface area contributed by atoms with Crippen LogP contribution in [-0.4, -0.2) is 15.9 Å². The van der Waals surface area contributed by atoms with E-state index in [-0.39, 0.29) is 11.4 Å². The van der Waals surface area contributed by atoms with Gasteiger partial charge in [-0.05, 0) is 0 Å². The van der Waals surface area contributed by atoms with Gasteiger partial charge in [-0.3, -0.25) is 10.2 Å². The molecule has 1 amide bonds. The Morgan fingerprint density at radius 3 is 2.91 bits per heavy atom. The van der Waals surface area contributed by atoms with Crippen LogP contribution in [0.2, 0.25) is 0 Å². The molecule has 0 atom stereocenters. The van der Waals surface area contributed by atoms with Crippen molar-refractivity contribution in [1.29, 1.82) is 0 Å². The van der Waals surface area contributed by atoms with Crippen molar-refractivity contribution in [2.45, 2.75) is 0 Å².